The van der Waals surface area contributed by atoms with Crippen molar-refractivity contribution >= 4 is 15.9 Å². The number of sulfonamides is 1. The average Bonchev–Trinajstić information content (AvgIpc) is 3.33. The van der Waals surface area contributed by atoms with Crippen molar-refractivity contribution in [2.45, 2.75) is 17.7 Å². The third kappa shape index (κ3) is 4.47. The maximum absolute atomic E-state index is 13.1. The zero-order chi connectivity index (χ0) is 21.0. The van der Waals surface area contributed by atoms with Crippen molar-refractivity contribution < 1.29 is 17.6 Å². The number of piperidine rings is 1. The van der Waals surface area contributed by atoms with Gasteiger partial charge < -0.3 is 9.73 Å². The van der Waals surface area contributed by atoms with Gasteiger partial charge in [0, 0.05) is 19.6 Å². The van der Waals surface area contributed by atoms with Gasteiger partial charge in [-0.3, -0.25) is 4.79 Å². The second kappa shape index (κ2) is 8.85. The molecule has 0 aliphatic carbocycles. The topological polar surface area (TPSA) is 79.6 Å². The molecule has 1 amide bonds. The van der Waals surface area contributed by atoms with Crippen LogP contribution in [0, 0.1) is 5.92 Å². The molecular formula is C23H24N2O4S. The molecule has 2 heterocycles. The van der Waals surface area contributed by atoms with Crippen molar-refractivity contribution in [3.8, 4) is 11.1 Å². The van der Waals surface area contributed by atoms with Gasteiger partial charge in [-0.15, -0.1) is 0 Å². The lowest BCUT2D eigenvalue weighted by atomic mass is 10.00. The molecule has 2 aromatic carbocycles. The Labute approximate surface area is 176 Å². The third-order valence-electron chi connectivity index (χ3n) is 5.38. The van der Waals surface area contributed by atoms with Crippen molar-refractivity contribution in [3.05, 3.63) is 78.8 Å². The number of benzene rings is 2. The summed E-state index contributed by atoms with van der Waals surface area (Å²) in [6, 6.07) is 20.1. The molecule has 6 nitrogen and oxygen atoms in total. The van der Waals surface area contributed by atoms with Gasteiger partial charge in [0.15, 0.2) is 5.76 Å². The molecule has 30 heavy (non-hydrogen) atoms. The van der Waals surface area contributed by atoms with Gasteiger partial charge in [-0.2, -0.15) is 4.31 Å². The van der Waals surface area contributed by atoms with Crippen molar-refractivity contribution in [2.75, 3.05) is 19.6 Å². The van der Waals surface area contributed by atoms with Gasteiger partial charge in [0.25, 0.3) is 5.91 Å². The van der Waals surface area contributed by atoms with E-state index in [1.165, 1.54) is 10.6 Å². The molecule has 4 rings (SSSR count). The molecule has 1 fully saturated rings. The van der Waals surface area contributed by atoms with Gasteiger partial charge in [0.1, 0.15) is 0 Å². The van der Waals surface area contributed by atoms with Crippen LogP contribution in [0.2, 0.25) is 0 Å². The van der Waals surface area contributed by atoms with Gasteiger partial charge in [-0.1, -0.05) is 42.5 Å². The van der Waals surface area contributed by atoms with Crippen molar-refractivity contribution in [2.24, 2.45) is 5.92 Å². The maximum Gasteiger partial charge on any atom is 0.286 e. The van der Waals surface area contributed by atoms with E-state index < -0.39 is 10.0 Å². The van der Waals surface area contributed by atoms with Crippen LogP contribution in [-0.2, 0) is 10.0 Å². The summed E-state index contributed by atoms with van der Waals surface area (Å²) in [6.07, 6.45) is 3.09. The summed E-state index contributed by atoms with van der Waals surface area (Å²) in [5.41, 5.74) is 2.03. The maximum atomic E-state index is 13.1. The molecule has 0 saturated carbocycles. The smallest absolute Gasteiger partial charge is 0.286 e. The SMILES string of the molecule is O=C(NC[C@@H]1CCCN(S(=O)(=O)c2ccc(-c3ccccc3)cc2)C1)c1ccco1. The molecule has 0 bridgehead atoms. The van der Waals surface area contributed by atoms with Gasteiger partial charge in [0.2, 0.25) is 10.0 Å². The minimum atomic E-state index is -3.57. The predicted octanol–water partition coefficient (Wildman–Crippen LogP) is 3.78. The van der Waals surface area contributed by atoms with E-state index in [1.54, 1.807) is 24.3 Å². The largest absolute Gasteiger partial charge is 0.459 e. The van der Waals surface area contributed by atoms with Gasteiger partial charge in [-0.05, 0) is 54.2 Å². The van der Waals surface area contributed by atoms with Crippen molar-refractivity contribution in [1.29, 1.82) is 0 Å². The number of amides is 1. The Morgan fingerprint density at radius 1 is 1.00 bits per heavy atom. The number of nitrogens with zero attached hydrogens (tertiary/aromatic N) is 1. The van der Waals surface area contributed by atoms with Gasteiger partial charge in [-0.25, -0.2) is 8.42 Å². The number of nitrogens with one attached hydrogen (secondary N) is 1. The molecule has 1 N–H and O–H groups in total. The molecule has 0 radical (unpaired) electrons. The molecule has 3 aromatic rings. The summed E-state index contributed by atoms with van der Waals surface area (Å²) in [5, 5.41) is 2.84. The molecule has 1 aromatic heterocycles. The molecule has 0 spiro atoms. The van der Waals surface area contributed by atoms with Crippen molar-refractivity contribution in [1.82, 2.24) is 9.62 Å². The minimum Gasteiger partial charge on any atom is -0.459 e. The van der Waals surface area contributed by atoms with Crippen LogP contribution in [-0.4, -0.2) is 38.3 Å². The molecule has 1 saturated heterocycles. The number of hydrogen-bond acceptors (Lipinski definition) is 4. The Morgan fingerprint density at radius 3 is 2.43 bits per heavy atom. The highest BCUT2D eigenvalue weighted by molar-refractivity contribution is 7.89. The first-order valence-corrected chi connectivity index (χ1v) is 11.5. The van der Waals surface area contributed by atoms with Crippen LogP contribution in [0.4, 0.5) is 0 Å². The van der Waals surface area contributed by atoms with E-state index >= 15 is 0 Å². The van der Waals surface area contributed by atoms with E-state index in [4.69, 9.17) is 4.42 Å². The lowest BCUT2D eigenvalue weighted by Gasteiger charge is -2.32. The first-order valence-electron chi connectivity index (χ1n) is 10.0. The molecule has 156 valence electrons. The van der Waals surface area contributed by atoms with Gasteiger partial charge in [0.05, 0.1) is 11.2 Å². The Bertz CT molecular complexity index is 1080. The average molecular weight is 425 g/mol. The summed E-state index contributed by atoms with van der Waals surface area (Å²) in [6.45, 7) is 1.30. The summed E-state index contributed by atoms with van der Waals surface area (Å²) < 4.78 is 32.9. The van der Waals surface area contributed by atoms with Crippen LogP contribution in [0.1, 0.15) is 23.4 Å². The number of furan rings is 1. The van der Waals surface area contributed by atoms with Crippen LogP contribution in [0.5, 0.6) is 0 Å². The standard InChI is InChI=1S/C23H24N2O4S/c26-23(22-9-5-15-29-22)24-16-18-6-4-14-25(17-18)30(27,28)21-12-10-20(11-13-21)19-7-2-1-3-8-19/h1-3,5,7-13,15,18H,4,6,14,16-17H2,(H,24,26)/t18-/m0/s1. The molecular weight excluding hydrogens is 400 g/mol. The normalized spacial score (nSPS) is 17.5. The first kappa shape index (κ1) is 20.4. The van der Waals surface area contributed by atoms with E-state index in [1.807, 2.05) is 42.5 Å². The molecule has 1 aliphatic heterocycles. The summed E-state index contributed by atoms with van der Waals surface area (Å²) in [7, 11) is -3.57. The second-order valence-corrected chi connectivity index (χ2v) is 9.39. The van der Waals surface area contributed by atoms with Crippen LogP contribution in [0.25, 0.3) is 11.1 Å². The van der Waals surface area contributed by atoms with Crippen molar-refractivity contribution in [3.63, 3.8) is 0 Å². The monoisotopic (exact) mass is 424 g/mol. The summed E-state index contributed by atoms with van der Waals surface area (Å²) in [5.74, 6) is 0.0429. The summed E-state index contributed by atoms with van der Waals surface area (Å²) in [4.78, 5) is 12.4. The highest BCUT2D eigenvalue weighted by Crippen LogP contribution is 2.26. The molecule has 1 aliphatic rings. The summed E-state index contributed by atoms with van der Waals surface area (Å²) >= 11 is 0. The minimum absolute atomic E-state index is 0.0658. The van der Waals surface area contributed by atoms with E-state index in [0.29, 0.717) is 24.5 Å². The highest BCUT2D eigenvalue weighted by atomic mass is 32.2. The van der Waals surface area contributed by atoms with Crippen LogP contribution in [0.15, 0.2) is 82.3 Å². The van der Waals surface area contributed by atoms with E-state index in [2.05, 4.69) is 5.32 Å². The Hall–Kier alpha value is -2.90. The lowest BCUT2D eigenvalue weighted by molar-refractivity contribution is 0.0913. The van der Waals surface area contributed by atoms with E-state index in [9.17, 15) is 13.2 Å². The van der Waals surface area contributed by atoms with Crippen LogP contribution >= 0.6 is 0 Å². The quantitative estimate of drug-likeness (QED) is 0.653. The molecule has 7 heteroatoms. The van der Waals surface area contributed by atoms with Gasteiger partial charge >= 0.3 is 0 Å². The predicted molar refractivity (Wildman–Crippen MR) is 114 cm³/mol. The zero-order valence-electron chi connectivity index (χ0n) is 16.5. The Morgan fingerprint density at radius 2 is 1.73 bits per heavy atom. The Balaban J connectivity index is 1.41. The fourth-order valence-electron chi connectivity index (χ4n) is 3.74. The number of rotatable bonds is 6. The fourth-order valence-corrected chi connectivity index (χ4v) is 5.30. The van der Waals surface area contributed by atoms with E-state index in [0.717, 1.165) is 24.0 Å². The zero-order valence-corrected chi connectivity index (χ0v) is 17.3. The van der Waals surface area contributed by atoms with E-state index in [-0.39, 0.29) is 17.6 Å². The number of carbonyl (C=O) groups is 1. The molecule has 1 atom stereocenters. The number of carbonyl (C=O) groups excluding carboxylic acids is 1. The van der Waals surface area contributed by atoms with Crippen LogP contribution < -0.4 is 5.32 Å². The first-order chi connectivity index (χ1) is 14.5. The Kier molecular flexibility index (Phi) is 6.01. The second-order valence-electron chi connectivity index (χ2n) is 7.45. The number of hydrogen-bond donors (Lipinski definition) is 1. The lowest BCUT2D eigenvalue weighted by Crippen LogP contribution is -2.43. The third-order valence-corrected chi connectivity index (χ3v) is 7.26. The highest BCUT2D eigenvalue weighted by Gasteiger charge is 2.30. The molecule has 0 unspecified atom stereocenters. The fraction of sp³-hybridized carbons (Fsp3) is 0.261. The van der Waals surface area contributed by atoms with Crippen LogP contribution in [0.3, 0.4) is 0 Å².